The van der Waals surface area contributed by atoms with Gasteiger partial charge in [-0.1, -0.05) is 36.3 Å². The maximum atomic E-state index is 11.5. The lowest BCUT2D eigenvalue weighted by Crippen LogP contribution is -2.24. The summed E-state index contributed by atoms with van der Waals surface area (Å²) in [5.74, 6) is 5.45. The van der Waals surface area contributed by atoms with E-state index in [4.69, 9.17) is 4.74 Å². The average molecular weight is 294 g/mol. The quantitative estimate of drug-likeness (QED) is 0.693. The van der Waals surface area contributed by atoms with Gasteiger partial charge in [0.2, 0.25) is 0 Å². The normalized spacial score (nSPS) is 9.27. The first kappa shape index (κ1) is 15.3. The van der Waals surface area contributed by atoms with Gasteiger partial charge in [0.25, 0.3) is 0 Å². The van der Waals surface area contributed by atoms with Crippen LogP contribution in [0.2, 0.25) is 0 Å². The molecule has 22 heavy (non-hydrogen) atoms. The van der Waals surface area contributed by atoms with Crippen LogP contribution in [0.5, 0.6) is 0 Å². The van der Waals surface area contributed by atoms with Crippen LogP contribution in [0, 0.1) is 11.8 Å². The molecule has 0 fully saturated rings. The second-order valence-corrected chi connectivity index (χ2v) is 4.28. The van der Waals surface area contributed by atoms with Crippen molar-refractivity contribution in [2.24, 2.45) is 0 Å². The number of rotatable bonds is 4. The second kappa shape index (κ2) is 8.22. The Labute approximate surface area is 128 Å². The van der Waals surface area contributed by atoms with E-state index in [9.17, 15) is 9.59 Å². The Morgan fingerprint density at radius 1 is 1.23 bits per heavy atom. The van der Waals surface area contributed by atoms with Crippen molar-refractivity contribution in [1.29, 1.82) is 0 Å². The first-order valence-electron chi connectivity index (χ1n) is 6.63. The van der Waals surface area contributed by atoms with Crippen LogP contribution in [-0.2, 0) is 11.3 Å². The zero-order chi connectivity index (χ0) is 15.6. The van der Waals surface area contributed by atoms with Crippen molar-refractivity contribution in [1.82, 2.24) is 10.3 Å². The van der Waals surface area contributed by atoms with Gasteiger partial charge in [-0.3, -0.25) is 4.79 Å². The van der Waals surface area contributed by atoms with Gasteiger partial charge in [-0.15, -0.1) is 0 Å². The van der Waals surface area contributed by atoms with Gasteiger partial charge in [0.1, 0.15) is 12.3 Å². The number of nitrogens with one attached hydrogen (secondary N) is 1. The largest absolute Gasteiger partial charge is 0.445 e. The highest BCUT2D eigenvalue weighted by Gasteiger charge is 2.00. The highest BCUT2D eigenvalue weighted by molar-refractivity contribution is 5.78. The number of amides is 1. The van der Waals surface area contributed by atoms with Crippen molar-refractivity contribution in [2.45, 2.75) is 6.61 Å². The summed E-state index contributed by atoms with van der Waals surface area (Å²) in [6.45, 7) is 0.318. The molecule has 5 nitrogen and oxygen atoms in total. The number of carbonyl (C=O) groups excluding carboxylic acids is 2. The number of pyridine rings is 1. The molecule has 0 spiro atoms. The van der Waals surface area contributed by atoms with Crippen LogP contribution in [0.1, 0.15) is 21.6 Å². The number of aromatic nitrogens is 1. The van der Waals surface area contributed by atoms with Gasteiger partial charge in [0.15, 0.2) is 6.29 Å². The number of hydrogen-bond acceptors (Lipinski definition) is 4. The molecule has 1 amide bonds. The molecule has 0 saturated heterocycles. The third-order valence-corrected chi connectivity index (χ3v) is 2.71. The summed E-state index contributed by atoms with van der Waals surface area (Å²) in [6.07, 6.45) is 1.70. The van der Waals surface area contributed by atoms with Crippen LogP contribution in [0.15, 0.2) is 48.7 Å². The fourth-order valence-electron chi connectivity index (χ4n) is 1.64. The molecule has 0 atom stereocenters. The van der Waals surface area contributed by atoms with Gasteiger partial charge in [-0.05, 0) is 23.6 Å². The Kier molecular flexibility index (Phi) is 5.70. The Morgan fingerprint density at radius 3 is 2.82 bits per heavy atom. The van der Waals surface area contributed by atoms with E-state index < -0.39 is 6.09 Å². The summed E-state index contributed by atoms with van der Waals surface area (Å²) < 4.78 is 5.04. The number of carbonyl (C=O) groups is 2. The number of benzene rings is 1. The third kappa shape index (κ3) is 4.76. The lowest BCUT2D eigenvalue weighted by Gasteiger charge is -2.04. The van der Waals surface area contributed by atoms with Crippen molar-refractivity contribution >= 4 is 12.4 Å². The van der Waals surface area contributed by atoms with Gasteiger partial charge in [-0.2, -0.15) is 0 Å². The molecule has 110 valence electrons. The summed E-state index contributed by atoms with van der Waals surface area (Å²) in [4.78, 5) is 26.3. The first-order chi connectivity index (χ1) is 10.8. The minimum Gasteiger partial charge on any atom is -0.445 e. The molecule has 1 N–H and O–H groups in total. The van der Waals surface area contributed by atoms with E-state index in [2.05, 4.69) is 22.1 Å². The van der Waals surface area contributed by atoms with Gasteiger partial charge in [0.05, 0.1) is 6.54 Å². The Morgan fingerprint density at radius 2 is 2.05 bits per heavy atom. The molecule has 2 aromatic rings. The highest BCUT2D eigenvalue weighted by atomic mass is 16.5. The molecule has 1 heterocycles. The van der Waals surface area contributed by atoms with E-state index in [1.165, 1.54) is 0 Å². The summed E-state index contributed by atoms with van der Waals surface area (Å²) in [6, 6.07) is 12.7. The molecule has 0 unspecified atom stereocenters. The molecule has 0 aliphatic carbocycles. The molecule has 1 aromatic heterocycles. The lowest BCUT2D eigenvalue weighted by atomic mass is 10.2. The maximum Gasteiger partial charge on any atom is 0.408 e. The van der Waals surface area contributed by atoms with E-state index >= 15 is 0 Å². The van der Waals surface area contributed by atoms with Gasteiger partial charge < -0.3 is 10.1 Å². The number of aldehydes is 1. The van der Waals surface area contributed by atoms with Crippen LogP contribution >= 0.6 is 0 Å². The zero-order valence-electron chi connectivity index (χ0n) is 11.8. The molecular weight excluding hydrogens is 280 g/mol. The molecule has 5 heteroatoms. The molecular formula is C17H14N2O3. The van der Waals surface area contributed by atoms with Crippen LogP contribution in [-0.4, -0.2) is 23.9 Å². The number of ether oxygens (including phenoxy) is 1. The van der Waals surface area contributed by atoms with Crippen molar-refractivity contribution in [3.63, 3.8) is 0 Å². The predicted molar refractivity (Wildman–Crippen MR) is 81.1 cm³/mol. The number of alkyl carbamates (subject to hydrolysis) is 1. The summed E-state index contributed by atoms with van der Waals surface area (Å²) in [5.41, 5.74) is 1.71. The van der Waals surface area contributed by atoms with Gasteiger partial charge in [-0.25, -0.2) is 9.78 Å². The fourth-order valence-corrected chi connectivity index (χ4v) is 1.64. The standard InChI is InChI=1S/C17H14N2O3/c20-12-15-8-4-10-18-16(15)9-5-11-19-17(21)22-13-14-6-2-1-3-7-14/h1-4,6-8,10,12H,11,13H2,(H,19,21). The number of nitrogens with zero attached hydrogens (tertiary/aromatic N) is 1. The Bertz CT molecular complexity index is 703. The Hall–Kier alpha value is -3.13. The van der Waals surface area contributed by atoms with Gasteiger partial charge >= 0.3 is 6.09 Å². The SMILES string of the molecule is O=Cc1cccnc1C#CCNC(=O)OCc1ccccc1. The maximum absolute atomic E-state index is 11.5. The van der Waals surface area contributed by atoms with E-state index in [1.807, 2.05) is 30.3 Å². The molecule has 2 rings (SSSR count). The van der Waals surface area contributed by atoms with E-state index in [1.54, 1.807) is 18.3 Å². The topological polar surface area (TPSA) is 68.3 Å². The van der Waals surface area contributed by atoms with Crippen LogP contribution < -0.4 is 5.32 Å². The minimum absolute atomic E-state index is 0.114. The monoisotopic (exact) mass is 294 g/mol. The van der Waals surface area contributed by atoms with Gasteiger partial charge in [0, 0.05) is 11.8 Å². The molecule has 0 aliphatic rings. The smallest absolute Gasteiger partial charge is 0.408 e. The van der Waals surface area contributed by atoms with Crippen LogP contribution in [0.4, 0.5) is 4.79 Å². The van der Waals surface area contributed by atoms with E-state index in [0.717, 1.165) is 5.56 Å². The van der Waals surface area contributed by atoms with Crippen molar-refractivity contribution < 1.29 is 14.3 Å². The zero-order valence-corrected chi connectivity index (χ0v) is 11.8. The third-order valence-electron chi connectivity index (χ3n) is 2.71. The first-order valence-corrected chi connectivity index (χ1v) is 6.63. The van der Waals surface area contributed by atoms with E-state index in [0.29, 0.717) is 17.5 Å². The van der Waals surface area contributed by atoms with Crippen LogP contribution in [0.25, 0.3) is 0 Å². The van der Waals surface area contributed by atoms with E-state index in [-0.39, 0.29) is 13.2 Å². The Balaban J connectivity index is 1.78. The lowest BCUT2D eigenvalue weighted by molar-refractivity contribution is 0.112. The summed E-state index contributed by atoms with van der Waals surface area (Å²) in [5, 5.41) is 2.51. The molecule has 0 saturated carbocycles. The van der Waals surface area contributed by atoms with Crippen molar-refractivity contribution in [3.8, 4) is 11.8 Å². The molecule has 0 bridgehead atoms. The number of hydrogen-bond donors (Lipinski definition) is 1. The average Bonchev–Trinajstić information content (AvgIpc) is 2.58. The molecule has 1 aromatic carbocycles. The summed E-state index contributed by atoms with van der Waals surface area (Å²) in [7, 11) is 0. The molecule has 0 aliphatic heterocycles. The van der Waals surface area contributed by atoms with Crippen molar-refractivity contribution in [2.75, 3.05) is 6.54 Å². The predicted octanol–water partition coefficient (Wildman–Crippen LogP) is 2.17. The second-order valence-electron chi connectivity index (χ2n) is 4.28. The highest BCUT2D eigenvalue weighted by Crippen LogP contribution is 2.00. The minimum atomic E-state index is -0.546. The molecule has 0 radical (unpaired) electrons. The fraction of sp³-hybridized carbons (Fsp3) is 0.118. The van der Waals surface area contributed by atoms with Crippen LogP contribution in [0.3, 0.4) is 0 Å². The summed E-state index contributed by atoms with van der Waals surface area (Å²) >= 11 is 0. The van der Waals surface area contributed by atoms with Crippen molar-refractivity contribution in [3.05, 3.63) is 65.5 Å².